The Morgan fingerprint density at radius 3 is 2.71 bits per heavy atom. The molecule has 0 bridgehead atoms. The van der Waals surface area contributed by atoms with E-state index in [9.17, 15) is 9.59 Å². The van der Waals surface area contributed by atoms with Gasteiger partial charge in [0.25, 0.3) is 0 Å². The number of carbonyl (C=O) groups is 2. The minimum absolute atomic E-state index is 0.0385. The molecule has 0 saturated carbocycles. The molecule has 1 atom stereocenters. The van der Waals surface area contributed by atoms with Crippen molar-refractivity contribution < 1.29 is 14.3 Å². The quantitative estimate of drug-likeness (QED) is 0.710. The normalized spacial score (nSPS) is 19.4. The van der Waals surface area contributed by atoms with Crippen molar-refractivity contribution in [3.63, 3.8) is 0 Å². The molecule has 5 heteroatoms. The Balaban J connectivity index is 2.08. The van der Waals surface area contributed by atoms with Gasteiger partial charge in [-0.2, -0.15) is 0 Å². The molecule has 0 aromatic heterocycles. The van der Waals surface area contributed by atoms with Crippen LogP contribution in [0.4, 0.5) is 0 Å². The standard InChI is InChI=1S/C12H22N2O3/c1-9(2)5-6-13-11(15)8-14-12(16)10-4-3-7-17-10/h9-10H,3-8H2,1-2H3,(H,13,15)(H,14,16). The van der Waals surface area contributed by atoms with Gasteiger partial charge in [-0.15, -0.1) is 0 Å². The lowest BCUT2D eigenvalue weighted by Gasteiger charge is -2.11. The summed E-state index contributed by atoms with van der Waals surface area (Å²) in [4.78, 5) is 22.9. The number of carbonyl (C=O) groups excluding carboxylic acids is 2. The monoisotopic (exact) mass is 242 g/mol. The zero-order chi connectivity index (χ0) is 12.7. The van der Waals surface area contributed by atoms with E-state index in [0.29, 0.717) is 19.1 Å². The van der Waals surface area contributed by atoms with Gasteiger partial charge < -0.3 is 15.4 Å². The molecule has 0 aliphatic carbocycles. The molecule has 5 nitrogen and oxygen atoms in total. The van der Waals surface area contributed by atoms with E-state index in [-0.39, 0.29) is 24.5 Å². The predicted octanol–water partition coefficient (Wildman–Crippen LogP) is 0.444. The second-order valence-electron chi connectivity index (χ2n) is 4.75. The van der Waals surface area contributed by atoms with Gasteiger partial charge in [-0.3, -0.25) is 9.59 Å². The molecule has 0 aromatic rings. The van der Waals surface area contributed by atoms with Crippen LogP contribution in [0.25, 0.3) is 0 Å². The molecule has 2 N–H and O–H groups in total. The molecule has 2 amide bonds. The summed E-state index contributed by atoms with van der Waals surface area (Å²) >= 11 is 0. The van der Waals surface area contributed by atoms with Gasteiger partial charge in [-0.05, 0) is 25.2 Å². The molecular formula is C12H22N2O3. The van der Waals surface area contributed by atoms with E-state index >= 15 is 0 Å². The van der Waals surface area contributed by atoms with Crippen molar-refractivity contribution in [2.45, 2.75) is 39.2 Å². The van der Waals surface area contributed by atoms with Crippen LogP contribution in [0.15, 0.2) is 0 Å². The maximum Gasteiger partial charge on any atom is 0.249 e. The fourth-order valence-electron chi connectivity index (χ4n) is 1.63. The van der Waals surface area contributed by atoms with Crippen LogP contribution < -0.4 is 10.6 Å². The Bertz CT molecular complexity index is 260. The summed E-state index contributed by atoms with van der Waals surface area (Å²) < 4.78 is 5.22. The van der Waals surface area contributed by atoms with Crippen LogP contribution >= 0.6 is 0 Å². The zero-order valence-electron chi connectivity index (χ0n) is 10.6. The third-order valence-electron chi connectivity index (χ3n) is 2.69. The van der Waals surface area contributed by atoms with E-state index in [4.69, 9.17) is 4.74 Å². The minimum atomic E-state index is -0.363. The van der Waals surface area contributed by atoms with Crippen molar-refractivity contribution in [2.75, 3.05) is 19.7 Å². The molecule has 1 saturated heterocycles. The minimum Gasteiger partial charge on any atom is -0.368 e. The largest absolute Gasteiger partial charge is 0.368 e. The van der Waals surface area contributed by atoms with Gasteiger partial charge >= 0.3 is 0 Å². The smallest absolute Gasteiger partial charge is 0.249 e. The highest BCUT2D eigenvalue weighted by atomic mass is 16.5. The second-order valence-corrected chi connectivity index (χ2v) is 4.75. The number of ether oxygens (including phenoxy) is 1. The molecule has 0 radical (unpaired) electrons. The molecular weight excluding hydrogens is 220 g/mol. The lowest BCUT2D eigenvalue weighted by atomic mass is 10.1. The number of hydrogen-bond donors (Lipinski definition) is 2. The molecule has 1 unspecified atom stereocenters. The van der Waals surface area contributed by atoms with Crippen LogP contribution in [-0.4, -0.2) is 37.6 Å². The number of rotatable bonds is 6. The van der Waals surface area contributed by atoms with Crippen LogP contribution in [0.2, 0.25) is 0 Å². The maximum absolute atomic E-state index is 11.5. The Morgan fingerprint density at radius 1 is 1.35 bits per heavy atom. The van der Waals surface area contributed by atoms with Crippen molar-refractivity contribution in [3.8, 4) is 0 Å². The fraction of sp³-hybridized carbons (Fsp3) is 0.833. The van der Waals surface area contributed by atoms with Crippen LogP contribution in [-0.2, 0) is 14.3 Å². The highest BCUT2D eigenvalue weighted by Crippen LogP contribution is 2.11. The van der Waals surface area contributed by atoms with E-state index < -0.39 is 0 Å². The summed E-state index contributed by atoms with van der Waals surface area (Å²) in [5.41, 5.74) is 0. The molecule has 1 aliphatic rings. The van der Waals surface area contributed by atoms with E-state index in [1.807, 2.05) is 0 Å². The third-order valence-corrected chi connectivity index (χ3v) is 2.69. The molecule has 1 heterocycles. The number of hydrogen-bond acceptors (Lipinski definition) is 3. The summed E-state index contributed by atoms with van der Waals surface area (Å²) in [6.45, 7) is 5.54. The van der Waals surface area contributed by atoms with E-state index in [1.165, 1.54) is 0 Å². The molecule has 0 aromatic carbocycles. The summed E-state index contributed by atoms with van der Waals surface area (Å²) in [7, 11) is 0. The van der Waals surface area contributed by atoms with Gasteiger partial charge in [0, 0.05) is 13.2 Å². The van der Waals surface area contributed by atoms with Crippen LogP contribution in [0.1, 0.15) is 33.1 Å². The SMILES string of the molecule is CC(C)CCNC(=O)CNC(=O)C1CCCO1. The lowest BCUT2D eigenvalue weighted by molar-refractivity contribution is -0.132. The molecule has 17 heavy (non-hydrogen) atoms. The third kappa shape index (κ3) is 5.68. The van der Waals surface area contributed by atoms with Gasteiger partial charge in [0.1, 0.15) is 6.10 Å². The van der Waals surface area contributed by atoms with Crippen molar-refractivity contribution in [1.29, 1.82) is 0 Å². The highest BCUT2D eigenvalue weighted by Gasteiger charge is 2.23. The zero-order valence-corrected chi connectivity index (χ0v) is 10.6. The van der Waals surface area contributed by atoms with E-state index in [0.717, 1.165) is 19.3 Å². The Kier molecular flexibility index (Phi) is 5.97. The average molecular weight is 242 g/mol. The number of nitrogens with one attached hydrogen (secondary N) is 2. The van der Waals surface area contributed by atoms with Crippen molar-refractivity contribution >= 4 is 11.8 Å². The Hall–Kier alpha value is -1.10. The van der Waals surface area contributed by atoms with Gasteiger partial charge in [0.05, 0.1) is 6.54 Å². The van der Waals surface area contributed by atoms with Gasteiger partial charge in [-0.1, -0.05) is 13.8 Å². The van der Waals surface area contributed by atoms with Gasteiger partial charge in [0.15, 0.2) is 0 Å². The van der Waals surface area contributed by atoms with Gasteiger partial charge in [0.2, 0.25) is 11.8 Å². The van der Waals surface area contributed by atoms with Crippen LogP contribution in [0, 0.1) is 5.92 Å². The van der Waals surface area contributed by atoms with E-state index in [2.05, 4.69) is 24.5 Å². The summed E-state index contributed by atoms with van der Waals surface area (Å²) in [5, 5.41) is 5.35. The van der Waals surface area contributed by atoms with E-state index in [1.54, 1.807) is 0 Å². The predicted molar refractivity (Wildman–Crippen MR) is 64.4 cm³/mol. The molecule has 1 aliphatic heterocycles. The summed E-state index contributed by atoms with van der Waals surface area (Å²) in [5.74, 6) is 0.246. The van der Waals surface area contributed by atoms with Gasteiger partial charge in [-0.25, -0.2) is 0 Å². The number of amides is 2. The first-order chi connectivity index (χ1) is 8.09. The molecule has 0 spiro atoms. The van der Waals surface area contributed by atoms with Crippen LogP contribution in [0.3, 0.4) is 0 Å². The lowest BCUT2D eigenvalue weighted by Crippen LogP contribution is -2.41. The van der Waals surface area contributed by atoms with Crippen molar-refractivity contribution in [1.82, 2.24) is 10.6 Å². The molecule has 1 fully saturated rings. The van der Waals surface area contributed by atoms with Crippen molar-refractivity contribution in [3.05, 3.63) is 0 Å². The first-order valence-corrected chi connectivity index (χ1v) is 6.25. The second kappa shape index (κ2) is 7.27. The first kappa shape index (κ1) is 14.0. The fourth-order valence-corrected chi connectivity index (χ4v) is 1.63. The summed E-state index contributed by atoms with van der Waals surface area (Å²) in [6, 6.07) is 0. The Morgan fingerprint density at radius 2 is 2.12 bits per heavy atom. The maximum atomic E-state index is 11.5. The summed E-state index contributed by atoms with van der Waals surface area (Å²) in [6.07, 6.45) is 2.25. The first-order valence-electron chi connectivity index (χ1n) is 6.25. The topological polar surface area (TPSA) is 67.4 Å². The molecule has 98 valence electrons. The van der Waals surface area contributed by atoms with Crippen molar-refractivity contribution in [2.24, 2.45) is 5.92 Å². The molecule has 1 rings (SSSR count). The highest BCUT2D eigenvalue weighted by molar-refractivity contribution is 5.86. The average Bonchev–Trinajstić information content (AvgIpc) is 2.78. The van der Waals surface area contributed by atoms with Crippen LogP contribution in [0.5, 0.6) is 0 Å². The Labute approximate surface area is 102 Å².